The number of nitrogens with zero attached hydrogens (tertiary/aromatic N) is 2. The van der Waals surface area contributed by atoms with Crippen molar-refractivity contribution in [1.29, 1.82) is 0 Å². The third-order valence-corrected chi connectivity index (χ3v) is 7.34. The highest BCUT2D eigenvalue weighted by atomic mass is 32.2. The van der Waals surface area contributed by atoms with Gasteiger partial charge in [-0.1, -0.05) is 45.0 Å². The number of carbonyl (C=O) groups excluding carboxylic acids is 1. The van der Waals surface area contributed by atoms with Crippen molar-refractivity contribution >= 4 is 27.3 Å². The smallest absolute Gasteiger partial charge is 0.241 e. The number of piperidine rings is 1. The van der Waals surface area contributed by atoms with E-state index in [0.717, 1.165) is 34.8 Å². The number of amides is 1. The molecule has 180 valence electrons. The van der Waals surface area contributed by atoms with Crippen LogP contribution < -0.4 is 14.5 Å². The molecule has 1 saturated heterocycles. The van der Waals surface area contributed by atoms with Crippen molar-refractivity contribution < 1.29 is 13.2 Å². The highest BCUT2D eigenvalue weighted by Gasteiger charge is 2.23. The van der Waals surface area contributed by atoms with E-state index in [2.05, 4.69) is 43.1 Å². The van der Waals surface area contributed by atoms with Crippen molar-refractivity contribution in [2.45, 2.75) is 58.4 Å². The molecule has 3 rings (SSSR count). The molecule has 0 aromatic heterocycles. The number of rotatable bonds is 7. The summed E-state index contributed by atoms with van der Waals surface area (Å²) in [5, 5.41) is 2.94. The van der Waals surface area contributed by atoms with Gasteiger partial charge in [-0.15, -0.1) is 0 Å². The molecule has 7 heteroatoms. The Morgan fingerprint density at radius 2 is 1.58 bits per heavy atom. The van der Waals surface area contributed by atoms with Gasteiger partial charge < -0.3 is 10.2 Å². The van der Waals surface area contributed by atoms with Gasteiger partial charge >= 0.3 is 0 Å². The van der Waals surface area contributed by atoms with Gasteiger partial charge in [0.25, 0.3) is 0 Å². The second kappa shape index (κ2) is 10.2. The highest BCUT2D eigenvalue weighted by molar-refractivity contribution is 7.92. The zero-order valence-corrected chi connectivity index (χ0v) is 21.3. The van der Waals surface area contributed by atoms with Crippen LogP contribution in [0.3, 0.4) is 0 Å². The first-order valence-corrected chi connectivity index (χ1v) is 13.5. The van der Waals surface area contributed by atoms with Crippen LogP contribution in [0.25, 0.3) is 0 Å². The van der Waals surface area contributed by atoms with E-state index in [1.807, 2.05) is 31.2 Å². The minimum atomic E-state index is -3.61. The van der Waals surface area contributed by atoms with Gasteiger partial charge in [0.1, 0.15) is 6.54 Å². The number of anilines is 2. The van der Waals surface area contributed by atoms with Crippen LogP contribution in [-0.2, 0) is 20.2 Å². The number of benzene rings is 2. The summed E-state index contributed by atoms with van der Waals surface area (Å²) in [4.78, 5) is 15.2. The molecule has 33 heavy (non-hydrogen) atoms. The highest BCUT2D eigenvalue weighted by Crippen LogP contribution is 2.26. The Morgan fingerprint density at radius 1 is 1.00 bits per heavy atom. The topological polar surface area (TPSA) is 69.7 Å². The molecule has 1 fully saturated rings. The summed E-state index contributed by atoms with van der Waals surface area (Å²) < 4.78 is 26.0. The molecule has 1 unspecified atom stereocenters. The third-order valence-electron chi connectivity index (χ3n) is 6.20. The number of hydrogen-bond donors (Lipinski definition) is 1. The quantitative estimate of drug-likeness (QED) is 0.640. The summed E-state index contributed by atoms with van der Waals surface area (Å²) in [5.74, 6) is -0.340. The molecule has 1 atom stereocenters. The zero-order valence-electron chi connectivity index (χ0n) is 20.5. The van der Waals surface area contributed by atoms with E-state index in [4.69, 9.17) is 0 Å². The first-order chi connectivity index (χ1) is 15.4. The molecule has 0 spiro atoms. The van der Waals surface area contributed by atoms with Crippen LogP contribution in [0.5, 0.6) is 0 Å². The molecule has 0 aliphatic carbocycles. The molecule has 1 aliphatic rings. The molecule has 1 heterocycles. The monoisotopic (exact) mass is 471 g/mol. The molecule has 0 bridgehead atoms. The van der Waals surface area contributed by atoms with Crippen LogP contribution >= 0.6 is 0 Å². The Morgan fingerprint density at radius 3 is 2.09 bits per heavy atom. The van der Waals surface area contributed by atoms with Crippen molar-refractivity contribution in [2.75, 3.05) is 35.1 Å². The Bertz CT molecular complexity index is 1040. The second-order valence-electron chi connectivity index (χ2n) is 9.99. The first kappa shape index (κ1) is 25.1. The second-order valence-corrected chi connectivity index (χ2v) is 11.9. The van der Waals surface area contributed by atoms with Gasteiger partial charge in [-0.2, -0.15) is 0 Å². The van der Waals surface area contributed by atoms with Gasteiger partial charge in [0.2, 0.25) is 15.9 Å². The molecule has 0 radical (unpaired) electrons. The maximum absolute atomic E-state index is 12.8. The molecule has 2 aromatic rings. The van der Waals surface area contributed by atoms with E-state index in [-0.39, 0.29) is 23.9 Å². The van der Waals surface area contributed by atoms with Crippen LogP contribution in [0.2, 0.25) is 0 Å². The lowest BCUT2D eigenvalue weighted by Crippen LogP contribution is -2.41. The van der Waals surface area contributed by atoms with Crippen molar-refractivity contribution in [3.05, 3.63) is 59.7 Å². The summed E-state index contributed by atoms with van der Waals surface area (Å²) in [5.41, 5.74) is 3.75. The fourth-order valence-corrected chi connectivity index (χ4v) is 5.01. The molecule has 1 aliphatic heterocycles. The summed E-state index contributed by atoms with van der Waals surface area (Å²) in [6.07, 6.45) is 4.87. The summed E-state index contributed by atoms with van der Waals surface area (Å²) in [6, 6.07) is 15.4. The number of sulfonamides is 1. The molecule has 0 saturated carbocycles. The number of nitrogens with one attached hydrogen (secondary N) is 1. The summed E-state index contributed by atoms with van der Waals surface area (Å²) >= 11 is 0. The van der Waals surface area contributed by atoms with Gasteiger partial charge in [-0.05, 0) is 67.0 Å². The fraction of sp³-hybridized carbons (Fsp3) is 0.500. The van der Waals surface area contributed by atoms with Crippen molar-refractivity contribution in [3.8, 4) is 0 Å². The lowest BCUT2D eigenvalue weighted by atomic mass is 9.87. The number of hydrogen-bond acceptors (Lipinski definition) is 4. The SMILES string of the molecule is CC(NC(=O)CN(c1ccc(C(C)(C)C)cc1)S(C)(=O)=O)c1ccc(N2CCCCC2)cc1. The first-order valence-electron chi connectivity index (χ1n) is 11.7. The van der Waals surface area contributed by atoms with Gasteiger partial charge in [-0.3, -0.25) is 9.10 Å². The van der Waals surface area contributed by atoms with Crippen LogP contribution in [0, 0.1) is 0 Å². The Labute approximate surface area is 199 Å². The number of carbonyl (C=O) groups is 1. The minimum Gasteiger partial charge on any atom is -0.372 e. The van der Waals surface area contributed by atoms with Crippen LogP contribution in [0.1, 0.15) is 64.1 Å². The zero-order chi connectivity index (χ0) is 24.2. The maximum Gasteiger partial charge on any atom is 0.241 e. The van der Waals surface area contributed by atoms with E-state index < -0.39 is 10.0 Å². The van der Waals surface area contributed by atoms with Crippen LogP contribution in [0.15, 0.2) is 48.5 Å². The van der Waals surface area contributed by atoms with E-state index in [1.165, 1.54) is 24.9 Å². The third kappa shape index (κ3) is 6.73. The van der Waals surface area contributed by atoms with E-state index in [9.17, 15) is 13.2 Å². The van der Waals surface area contributed by atoms with E-state index in [1.54, 1.807) is 12.1 Å². The maximum atomic E-state index is 12.8. The largest absolute Gasteiger partial charge is 0.372 e. The van der Waals surface area contributed by atoms with Crippen molar-refractivity contribution in [2.24, 2.45) is 0 Å². The Balaban J connectivity index is 1.66. The lowest BCUT2D eigenvalue weighted by molar-refractivity contribution is -0.120. The van der Waals surface area contributed by atoms with E-state index in [0.29, 0.717) is 5.69 Å². The van der Waals surface area contributed by atoms with Gasteiger partial charge in [0, 0.05) is 18.8 Å². The molecule has 1 N–H and O–H groups in total. The molecule has 2 aromatic carbocycles. The minimum absolute atomic E-state index is 0.0369. The average molecular weight is 472 g/mol. The predicted molar refractivity (Wildman–Crippen MR) is 136 cm³/mol. The van der Waals surface area contributed by atoms with Gasteiger partial charge in [-0.25, -0.2) is 8.42 Å². The normalized spacial score (nSPS) is 15.7. The molecule has 1 amide bonds. The average Bonchev–Trinajstić information content (AvgIpc) is 2.77. The predicted octanol–water partition coefficient (Wildman–Crippen LogP) is 4.62. The Kier molecular flexibility index (Phi) is 7.73. The Hall–Kier alpha value is -2.54. The van der Waals surface area contributed by atoms with Crippen molar-refractivity contribution in [3.63, 3.8) is 0 Å². The molecular formula is C26H37N3O3S. The lowest BCUT2D eigenvalue weighted by Gasteiger charge is -2.29. The summed E-state index contributed by atoms with van der Waals surface area (Å²) in [7, 11) is -3.61. The van der Waals surface area contributed by atoms with Crippen molar-refractivity contribution in [1.82, 2.24) is 5.32 Å². The standard InChI is InChI=1S/C26H37N3O3S/c1-20(21-9-13-23(14-10-21)28-17-7-6-8-18-28)27-25(30)19-29(33(5,31)32)24-15-11-22(12-16-24)26(2,3)4/h9-16,20H,6-8,17-19H2,1-5H3,(H,27,30). The summed E-state index contributed by atoms with van der Waals surface area (Å²) in [6.45, 7) is 10.1. The van der Waals surface area contributed by atoms with Gasteiger partial charge in [0.05, 0.1) is 18.0 Å². The van der Waals surface area contributed by atoms with Crippen LogP contribution in [0.4, 0.5) is 11.4 Å². The molecule has 6 nitrogen and oxygen atoms in total. The fourth-order valence-electron chi connectivity index (χ4n) is 4.15. The van der Waals surface area contributed by atoms with Crippen LogP contribution in [-0.4, -0.2) is 40.2 Å². The molecular weight excluding hydrogens is 434 g/mol. The van der Waals surface area contributed by atoms with E-state index >= 15 is 0 Å². The van der Waals surface area contributed by atoms with Gasteiger partial charge in [0.15, 0.2) is 0 Å².